The van der Waals surface area contributed by atoms with Gasteiger partial charge < -0.3 is 28.9 Å². The van der Waals surface area contributed by atoms with E-state index in [1.165, 1.54) is 14.2 Å². The molecule has 0 saturated carbocycles. The average Bonchev–Trinajstić information content (AvgIpc) is 3.93. The van der Waals surface area contributed by atoms with Crippen molar-refractivity contribution >= 4 is 67.4 Å². The number of aromatic nitrogens is 4. The van der Waals surface area contributed by atoms with Gasteiger partial charge in [-0.2, -0.15) is 0 Å². The van der Waals surface area contributed by atoms with E-state index in [1.54, 1.807) is 14.2 Å². The van der Waals surface area contributed by atoms with Crippen molar-refractivity contribution in [1.82, 2.24) is 19.9 Å². The lowest BCUT2D eigenvalue weighted by Gasteiger charge is -2.10. The highest BCUT2D eigenvalue weighted by atomic mass is 16.5. The van der Waals surface area contributed by atoms with E-state index in [1.807, 2.05) is 68.4 Å². The molecule has 8 bridgehead atoms. The standard InChI is InChI=1S/C50H50N4O6/c1-27(33-11-15-35(57-7)16-12-33)49-31(5)41-23-39-29(3)37(19-21-47(55)59-9)43(51-39)26-44-38(20-22-48(56)60-10)30(4)40(52-44)24-45-50(32(6)42(54-45)25-46(49)53-41)28(2)34-13-17-36(58-8)18-14-34/h11-18,23-26,52-53H,1-2,19-22H2,3-10H3. The molecule has 2 aliphatic heterocycles. The second-order valence-electron chi connectivity index (χ2n) is 15.0. The zero-order chi connectivity index (χ0) is 42.8. The first-order chi connectivity index (χ1) is 28.8. The van der Waals surface area contributed by atoms with Crippen molar-refractivity contribution < 1.29 is 28.5 Å². The van der Waals surface area contributed by atoms with Gasteiger partial charge in [-0.3, -0.25) is 9.59 Å². The first-order valence-corrected chi connectivity index (χ1v) is 19.8. The summed E-state index contributed by atoms with van der Waals surface area (Å²) in [6, 6.07) is 24.0. The molecule has 0 aliphatic carbocycles. The summed E-state index contributed by atoms with van der Waals surface area (Å²) in [6.07, 6.45) is 1.26. The number of esters is 2. The molecule has 306 valence electrons. The fraction of sp³-hybridized carbons (Fsp3) is 0.240. The molecule has 3 aromatic heterocycles. The number of carbonyl (C=O) groups excluding carboxylic acids is 2. The van der Waals surface area contributed by atoms with Crippen LogP contribution in [0.2, 0.25) is 0 Å². The SMILES string of the molecule is C=C(C1=C(C)c2cc3[nH]c(cc4nc(cc5[nH]c(cc1n2)c(C)c5CCC(=O)OC)C(CCC(=O)OC)=C4C)c(C)c3C(=C)c1ccc(OC)cc1)c1ccc(OC)cc1. The first-order valence-electron chi connectivity index (χ1n) is 19.8. The second-order valence-corrected chi connectivity index (χ2v) is 15.0. The number of hydrogen-bond donors (Lipinski definition) is 2. The maximum atomic E-state index is 12.5. The summed E-state index contributed by atoms with van der Waals surface area (Å²) in [5, 5.41) is 0. The van der Waals surface area contributed by atoms with Crippen LogP contribution < -0.4 is 9.47 Å². The van der Waals surface area contributed by atoms with Crippen LogP contribution >= 0.6 is 0 Å². The van der Waals surface area contributed by atoms with Crippen LogP contribution in [0, 0.1) is 13.8 Å². The summed E-state index contributed by atoms with van der Waals surface area (Å²) in [5.74, 6) is 0.905. The number of allylic oxidation sites excluding steroid dienone is 5. The number of aromatic amines is 2. The van der Waals surface area contributed by atoms with Gasteiger partial charge in [0.25, 0.3) is 0 Å². The zero-order valence-corrected chi connectivity index (χ0v) is 35.5. The molecule has 5 heterocycles. The summed E-state index contributed by atoms with van der Waals surface area (Å²) in [4.78, 5) is 42.9. The predicted octanol–water partition coefficient (Wildman–Crippen LogP) is 10.6. The summed E-state index contributed by atoms with van der Waals surface area (Å²) in [7, 11) is 6.09. The van der Waals surface area contributed by atoms with E-state index in [9.17, 15) is 9.59 Å². The van der Waals surface area contributed by atoms with Crippen LogP contribution in [-0.4, -0.2) is 60.3 Å². The molecule has 0 spiro atoms. The maximum Gasteiger partial charge on any atom is 0.305 e. The molecule has 60 heavy (non-hydrogen) atoms. The summed E-state index contributed by atoms with van der Waals surface area (Å²) >= 11 is 0. The number of ether oxygens (including phenoxy) is 4. The normalized spacial score (nSPS) is 12.4. The van der Waals surface area contributed by atoms with Crippen LogP contribution in [0.4, 0.5) is 0 Å². The van der Waals surface area contributed by atoms with Crippen molar-refractivity contribution in [3.8, 4) is 11.5 Å². The van der Waals surface area contributed by atoms with Crippen molar-refractivity contribution in [1.29, 1.82) is 0 Å². The Morgan fingerprint density at radius 3 is 1.65 bits per heavy atom. The third-order valence-electron chi connectivity index (χ3n) is 11.6. The molecule has 0 fully saturated rings. The van der Waals surface area contributed by atoms with Crippen molar-refractivity contribution in [3.63, 3.8) is 0 Å². The third-order valence-corrected chi connectivity index (χ3v) is 11.6. The smallest absolute Gasteiger partial charge is 0.305 e. The average molecular weight is 803 g/mol. The van der Waals surface area contributed by atoms with E-state index in [0.29, 0.717) is 12.8 Å². The number of hydrogen-bond acceptors (Lipinski definition) is 8. The lowest BCUT2D eigenvalue weighted by molar-refractivity contribution is -0.141. The molecule has 2 aromatic carbocycles. The van der Waals surface area contributed by atoms with E-state index < -0.39 is 0 Å². The lowest BCUT2D eigenvalue weighted by Crippen LogP contribution is -2.02. The minimum Gasteiger partial charge on any atom is -0.497 e. The van der Waals surface area contributed by atoms with Crippen LogP contribution in [0.5, 0.6) is 11.5 Å². The molecule has 0 unspecified atom stereocenters. The van der Waals surface area contributed by atoms with Crippen LogP contribution in [0.1, 0.15) is 89.3 Å². The number of rotatable bonds is 12. The van der Waals surface area contributed by atoms with Crippen LogP contribution in [0.3, 0.4) is 0 Å². The fourth-order valence-electron chi connectivity index (χ4n) is 8.05. The van der Waals surface area contributed by atoms with Gasteiger partial charge in [0.15, 0.2) is 0 Å². The van der Waals surface area contributed by atoms with Crippen molar-refractivity contribution in [2.75, 3.05) is 28.4 Å². The van der Waals surface area contributed by atoms with E-state index in [0.717, 1.165) is 123 Å². The molecular formula is C50H50N4O6. The number of H-pyrrole nitrogens is 2. The summed E-state index contributed by atoms with van der Waals surface area (Å²) < 4.78 is 21.0. The zero-order valence-electron chi connectivity index (χ0n) is 35.5. The molecule has 10 heteroatoms. The molecule has 2 aliphatic rings. The van der Waals surface area contributed by atoms with Crippen molar-refractivity contribution in [2.45, 2.75) is 53.4 Å². The molecule has 7 rings (SSSR count). The van der Waals surface area contributed by atoms with Gasteiger partial charge in [0.05, 0.1) is 51.2 Å². The Morgan fingerprint density at radius 1 is 0.567 bits per heavy atom. The van der Waals surface area contributed by atoms with Gasteiger partial charge >= 0.3 is 11.9 Å². The van der Waals surface area contributed by atoms with Crippen molar-refractivity contribution in [2.24, 2.45) is 0 Å². The summed E-state index contributed by atoms with van der Waals surface area (Å²) in [5.41, 5.74) is 17.5. The van der Waals surface area contributed by atoms with Crippen LogP contribution in [0.25, 0.3) is 55.5 Å². The predicted molar refractivity (Wildman–Crippen MR) is 240 cm³/mol. The maximum absolute atomic E-state index is 12.5. The second kappa shape index (κ2) is 17.1. The van der Waals surface area contributed by atoms with Gasteiger partial charge in [0.2, 0.25) is 0 Å². The molecule has 0 amide bonds. The molecule has 5 aromatic rings. The quantitative estimate of drug-likeness (QED) is 0.119. The number of nitrogens with one attached hydrogen (secondary N) is 2. The van der Waals surface area contributed by atoms with Gasteiger partial charge in [-0.25, -0.2) is 9.97 Å². The van der Waals surface area contributed by atoms with E-state index in [2.05, 4.69) is 55.2 Å². The lowest BCUT2D eigenvalue weighted by atomic mass is 9.93. The Hall–Kier alpha value is -6.94. The Labute approximate surface area is 350 Å². The summed E-state index contributed by atoms with van der Waals surface area (Å²) in [6.45, 7) is 17.5. The topological polar surface area (TPSA) is 128 Å². The molecule has 10 nitrogen and oxygen atoms in total. The largest absolute Gasteiger partial charge is 0.497 e. The van der Waals surface area contributed by atoms with E-state index in [4.69, 9.17) is 28.9 Å². The van der Waals surface area contributed by atoms with Gasteiger partial charge in [-0.05, 0) is 145 Å². The third kappa shape index (κ3) is 7.93. The highest BCUT2D eigenvalue weighted by Gasteiger charge is 2.24. The van der Waals surface area contributed by atoms with E-state index in [-0.39, 0.29) is 24.8 Å². The van der Waals surface area contributed by atoms with Crippen molar-refractivity contribution in [3.05, 3.63) is 142 Å². The number of aryl methyl sites for hydroxylation is 3. The van der Waals surface area contributed by atoms with Gasteiger partial charge in [0, 0.05) is 46.0 Å². The molecule has 0 radical (unpaired) electrons. The van der Waals surface area contributed by atoms with Crippen LogP contribution in [-0.2, 0) is 25.5 Å². The Morgan fingerprint density at radius 2 is 1.05 bits per heavy atom. The number of methoxy groups -OCH3 is 4. The minimum atomic E-state index is -0.303. The van der Waals surface area contributed by atoms with Gasteiger partial charge in [-0.15, -0.1) is 0 Å². The first kappa shape index (κ1) is 41.2. The molecular weight excluding hydrogens is 753 g/mol. The van der Waals surface area contributed by atoms with E-state index >= 15 is 0 Å². The molecule has 0 atom stereocenters. The Kier molecular flexibility index (Phi) is 11.8. The number of carbonyl (C=O) groups is 2. The Bertz CT molecular complexity index is 2800. The highest BCUT2D eigenvalue weighted by Crippen LogP contribution is 2.42. The fourth-order valence-corrected chi connectivity index (χ4v) is 8.05. The molecule has 0 saturated heterocycles. The monoisotopic (exact) mass is 802 g/mol. The minimum absolute atomic E-state index is 0.193. The molecule has 2 N–H and O–H groups in total. The number of fused-ring (bicyclic) bond motifs is 8. The number of benzene rings is 2. The van der Waals surface area contributed by atoms with Crippen LogP contribution in [0.15, 0.2) is 86.0 Å². The van der Waals surface area contributed by atoms with Gasteiger partial charge in [0.1, 0.15) is 11.5 Å². The Balaban J connectivity index is 1.57. The number of nitrogens with zero attached hydrogens (tertiary/aromatic N) is 2. The highest BCUT2D eigenvalue weighted by molar-refractivity contribution is 6.15. The van der Waals surface area contributed by atoms with Gasteiger partial charge in [-0.1, -0.05) is 37.4 Å².